The normalized spacial score (nSPS) is 12.1. The van der Waals surface area contributed by atoms with Gasteiger partial charge in [-0.1, -0.05) is 30.3 Å². The van der Waals surface area contributed by atoms with Gasteiger partial charge in [-0.2, -0.15) is 0 Å². The highest BCUT2D eigenvalue weighted by Crippen LogP contribution is 2.24. The number of hydrazine groups is 1. The number of rotatable bonds is 6. The number of nitrogens with one attached hydrogen (secondary N) is 2. The maximum Gasteiger partial charge on any atom is 0.276 e. The van der Waals surface area contributed by atoms with E-state index in [0.29, 0.717) is 5.75 Å². The molecule has 0 heterocycles. The van der Waals surface area contributed by atoms with E-state index >= 15 is 0 Å². The lowest BCUT2D eigenvalue weighted by atomic mass is 10.1. The summed E-state index contributed by atoms with van der Waals surface area (Å²) in [5.41, 5.74) is 8.88. The molecule has 1 amide bonds. The van der Waals surface area contributed by atoms with Crippen LogP contribution < -0.4 is 20.3 Å². The van der Waals surface area contributed by atoms with Gasteiger partial charge in [0.2, 0.25) is 0 Å². The summed E-state index contributed by atoms with van der Waals surface area (Å²) in [5, 5.41) is 0. The van der Waals surface area contributed by atoms with Crippen molar-refractivity contribution in [3.8, 4) is 11.5 Å². The van der Waals surface area contributed by atoms with Gasteiger partial charge in [-0.05, 0) is 36.2 Å². The molecule has 0 unspecified atom stereocenters. The first kappa shape index (κ1) is 15.0. The van der Waals surface area contributed by atoms with E-state index in [9.17, 15) is 4.79 Å². The standard InChI is InChI=1S/C18H18N2O3/c1-22-14-7-9-15(10-8-14)23-12-18(21)20-19-17-11-6-13-4-2-3-5-16(13)17/h2-5,7-11,19H,6,12H2,1H3,(H,20,21). The number of hydrogen-bond donors (Lipinski definition) is 2. The summed E-state index contributed by atoms with van der Waals surface area (Å²) < 4.78 is 10.5. The molecule has 0 saturated heterocycles. The Balaban J connectivity index is 1.47. The minimum Gasteiger partial charge on any atom is -0.497 e. The summed E-state index contributed by atoms with van der Waals surface area (Å²) in [6.07, 6.45) is 2.92. The molecule has 0 fully saturated rings. The van der Waals surface area contributed by atoms with Crippen LogP contribution in [0, 0.1) is 0 Å². The molecule has 3 rings (SSSR count). The number of fused-ring (bicyclic) bond motifs is 1. The molecule has 0 bridgehead atoms. The van der Waals surface area contributed by atoms with Gasteiger partial charge in [-0.25, -0.2) is 0 Å². The lowest BCUT2D eigenvalue weighted by molar-refractivity contribution is -0.123. The van der Waals surface area contributed by atoms with Crippen molar-refractivity contribution in [2.75, 3.05) is 13.7 Å². The van der Waals surface area contributed by atoms with E-state index in [2.05, 4.69) is 23.0 Å². The van der Waals surface area contributed by atoms with Crippen LogP contribution in [0.5, 0.6) is 11.5 Å². The molecular weight excluding hydrogens is 292 g/mol. The van der Waals surface area contributed by atoms with Crippen LogP contribution in [-0.2, 0) is 11.2 Å². The van der Waals surface area contributed by atoms with Gasteiger partial charge in [0.1, 0.15) is 11.5 Å². The average Bonchev–Trinajstić information content (AvgIpc) is 3.02. The molecule has 2 N–H and O–H groups in total. The Kier molecular flexibility index (Phi) is 4.47. The van der Waals surface area contributed by atoms with Gasteiger partial charge < -0.3 is 9.47 Å². The third kappa shape index (κ3) is 3.63. The lowest BCUT2D eigenvalue weighted by Crippen LogP contribution is -2.39. The number of amides is 1. The van der Waals surface area contributed by atoms with E-state index < -0.39 is 0 Å². The van der Waals surface area contributed by atoms with Crippen molar-refractivity contribution in [2.24, 2.45) is 0 Å². The zero-order valence-corrected chi connectivity index (χ0v) is 12.8. The third-order valence-electron chi connectivity index (χ3n) is 3.60. The fourth-order valence-corrected chi connectivity index (χ4v) is 2.40. The SMILES string of the molecule is COc1ccc(OCC(=O)NNC2=CCc3ccccc32)cc1. The Morgan fingerprint density at radius 2 is 1.83 bits per heavy atom. The molecule has 2 aromatic carbocycles. The molecule has 23 heavy (non-hydrogen) atoms. The van der Waals surface area contributed by atoms with Crippen LogP contribution in [-0.4, -0.2) is 19.6 Å². The summed E-state index contributed by atoms with van der Waals surface area (Å²) >= 11 is 0. The van der Waals surface area contributed by atoms with E-state index in [1.807, 2.05) is 18.2 Å². The highest BCUT2D eigenvalue weighted by atomic mass is 16.5. The van der Waals surface area contributed by atoms with Crippen molar-refractivity contribution in [1.29, 1.82) is 0 Å². The number of benzene rings is 2. The van der Waals surface area contributed by atoms with Gasteiger partial charge in [-0.3, -0.25) is 15.6 Å². The number of carbonyl (C=O) groups is 1. The molecule has 0 saturated carbocycles. The zero-order chi connectivity index (χ0) is 16.1. The molecule has 1 aliphatic rings. The molecule has 0 atom stereocenters. The first-order valence-electron chi connectivity index (χ1n) is 7.36. The van der Waals surface area contributed by atoms with Crippen LogP contribution in [0.25, 0.3) is 5.70 Å². The van der Waals surface area contributed by atoms with Gasteiger partial charge in [-0.15, -0.1) is 0 Å². The van der Waals surface area contributed by atoms with Crippen molar-refractivity contribution >= 4 is 11.6 Å². The summed E-state index contributed by atoms with van der Waals surface area (Å²) in [4.78, 5) is 11.9. The van der Waals surface area contributed by atoms with Gasteiger partial charge in [0.05, 0.1) is 12.8 Å². The first-order valence-corrected chi connectivity index (χ1v) is 7.36. The van der Waals surface area contributed by atoms with E-state index in [1.165, 1.54) is 5.56 Å². The molecule has 2 aromatic rings. The van der Waals surface area contributed by atoms with Crippen LogP contribution in [0.4, 0.5) is 0 Å². The highest BCUT2D eigenvalue weighted by molar-refractivity contribution is 5.79. The number of carbonyl (C=O) groups excluding carboxylic acids is 1. The van der Waals surface area contributed by atoms with Gasteiger partial charge in [0.25, 0.3) is 5.91 Å². The average molecular weight is 310 g/mol. The monoisotopic (exact) mass is 310 g/mol. The molecule has 0 radical (unpaired) electrons. The maximum absolute atomic E-state index is 11.9. The molecular formula is C18H18N2O3. The van der Waals surface area contributed by atoms with E-state index in [-0.39, 0.29) is 12.5 Å². The first-order chi connectivity index (χ1) is 11.3. The van der Waals surface area contributed by atoms with Crippen LogP contribution in [0.3, 0.4) is 0 Å². The Morgan fingerprint density at radius 1 is 1.09 bits per heavy atom. The Morgan fingerprint density at radius 3 is 2.61 bits per heavy atom. The van der Waals surface area contributed by atoms with Crippen molar-refractivity contribution < 1.29 is 14.3 Å². The summed E-state index contributed by atoms with van der Waals surface area (Å²) in [5.74, 6) is 1.12. The highest BCUT2D eigenvalue weighted by Gasteiger charge is 2.13. The second-order valence-electron chi connectivity index (χ2n) is 5.12. The zero-order valence-electron chi connectivity index (χ0n) is 12.8. The number of methoxy groups -OCH3 is 1. The maximum atomic E-state index is 11.9. The van der Waals surface area contributed by atoms with Crippen molar-refractivity contribution in [2.45, 2.75) is 6.42 Å². The molecule has 5 nitrogen and oxygen atoms in total. The second kappa shape index (κ2) is 6.87. The number of allylic oxidation sites excluding steroid dienone is 1. The van der Waals surface area contributed by atoms with Crippen molar-refractivity contribution in [1.82, 2.24) is 10.9 Å². The largest absolute Gasteiger partial charge is 0.497 e. The summed E-state index contributed by atoms with van der Waals surface area (Å²) in [6.45, 7) is -0.0613. The topological polar surface area (TPSA) is 59.6 Å². The predicted octanol–water partition coefficient (Wildman–Crippen LogP) is 2.29. The number of hydrogen-bond acceptors (Lipinski definition) is 4. The second-order valence-corrected chi connectivity index (χ2v) is 5.12. The molecule has 1 aliphatic carbocycles. The molecule has 0 spiro atoms. The van der Waals surface area contributed by atoms with Crippen LogP contribution in [0.1, 0.15) is 11.1 Å². The van der Waals surface area contributed by atoms with Gasteiger partial charge in [0, 0.05) is 5.56 Å². The van der Waals surface area contributed by atoms with Crippen LogP contribution in [0.2, 0.25) is 0 Å². The van der Waals surface area contributed by atoms with Gasteiger partial charge >= 0.3 is 0 Å². The van der Waals surface area contributed by atoms with E-state index in [1.54, 1.807) is 31.4 Å². The summed E-state index contributed by atoms with van der Waals surface area (Å²) in [6, 6.07) is 15.2. The minimum atomic E-state index is -0.244. The number of ether oxygens (including phenoxy) is 2. The molecule has 0 aromatic heterocycles. The smallest absolute Gasteiger partial charge is 0.276 e. The van der Waals surface area contributed by atoms with Crippen LogP contribution in [0.15, 0.2) is 54.6 Å². The Labute approximate surface area is 134 Å². The van der Waals surface area contributed by atoms with Crippen molar-refractivity contribution in [3.63, 3.8) is 0 Å². The Bertz CT molecular complexity index is 723. The lowest BCUT2D eigenvalue weighted by Gasteiger charge is -2.11. The summed E-state index contributed by atoms with van der Waals surface area (Å²) in [7, 11) is 1.60. The molecule has 0 aliphatic heterocycles. The third-order valence-corrected chi connectivity index (χ3v) is 3.60. The Hall–Kier alpha value is -2.95. The fraction of sp³-hybridized carbons (Fsp3) is 0.167. The van der Waals surface area contributed by atoms with Gasteiger partial charge in [0.15, 0.2) is 6.61 Å². The fourth-order valence-electron chi connectivity index (χ4n) is 2.40. The molecule has 5 heteroatoms. The van der Waals surface area contributed by atoms with E-state index in [0.717, 1.165) is 23.4 Å². The minimum absolute atomic E-state index is 0.0613. The molecule has 118 valence electrons. The van der Waals surface area contributed by atoms with Crippen molar-refractivity contribution in [3.05, 3.63) is 65.7 Å². The quantitative estimate of drug-likeness (QED) is 0.804. The van der Waals surface area contributed by atoms with Crippen LogP contribution >= 0.6 is 0 Å². The van der Waals surface area contributed by atoms with E-state index in [4.69, 9.17) is 9.47 Å². The predicted molar refractivity (Wildman–Crippen MR) is 87.9 cm³/mol.